The van der Waals surface area contributed by atoms with E-state index in [-0.39, 0.29) is 67.0 Å². The Kier molecular flexibility index (Phi) is 21.8. The Morgan fingerprint density at radius 3 is 1.85 bits per heavy atom. The molecule has 2 aliphatic carbocycles. The highest BCUT2D eigenvalue weighted by atomic mass is 32.2. The minimum absolute atomic E-state index is 0.00555. The number of ether oxygens (including phenoxy) is 2. The SMILES string of the molecule is CC(C)(CNC(=O)CCN1C(=O)CC(SC2CCCCCCC2)C1=O)OCCC(C)(C)C(=O)NCCCN1CCN(CCCNC(=O)OC2CCCCCCCC2)CC1. The molecule has 1 unspecified atom stereocenters. The Morgan fingerprint density at radius 2 is 1.25 bits per heavy atom. The van der Waals surface area contributed by atoms with Crippen LogP contribution in [0.1, 0.15) is 156 Å². The molecule has 338 valence electrons. The maximum atomic E-state index is 13.1. The fraction of sp³-hybridized carbons (Fsp3) is 0.889. The fourth-order valence-corrected chi connectivity index (χ4v) is 10.1. The van der Waals surface area contributed by atoms with Crippen LogP contribution in [-0.4, -0.2) is 139 Å². The third-order valence-corrected chi connectivity index (χ3v) is 14.2. The smallest absolute Gasteiger partial charge is 0.407 e. The summed E-state index contributed by atoms with van der Waals surface area (Å²) < 4.78 is 11.8. The second-order valence-corrected chi connectivity index (χ2v) is 20.3. The summed E-state index contributed by atoms with van der Waals surface area (Å²) in [5, 5.41) is 9.10. The largest absolute Gasteiger partial charge is 0.446 e. The van der Waals surface area contributed by atoms with E-state index in [9.17, 15) is 24.0 Å². The van der Waals surface area contributed by atoms with E-state index in [0.717, 1.165) is 90.6 Å². The van der Waals surface area contributed by atoms with Gasteiger partial charge in [-0.3, -0.25) is 24.1 Å². The van der Waals surface area contributed by atoms with Crippen LogP contribution in [-0.2, 0) is 28.7 Å². The Hall–Kier alpha value is -2.42. The molecule has 2 aliphatic heterocycles. The van der Waals surface area contributed by atoms with Gasteiger partial charge in [0.2, 0.25) is 23.6 Å². The second-order valence-electron chi connectivity index (χ2n) is 18.7. The molecule has 0 bridgehead atoms. The Morgan fingerprint density at radius 1 is 0.712 bits per heavy atom. The summed E-state index contributed by atoms with van der Waals surface area (Å²) in [5.74, 6) is -0.542. The number of amides is 5. The topological polar surface area (TPSA) is 150 Å². The summed E-state index contributed by atoms with van der Waals surface area (Å²) in [6.07, 6.45) is 20.2. The van der Waals surface area contributed by atoms with E-state index in [0.29, 0.717) is 31.4 Å². The van der Waals surface area contributed by atoms with E-state index in [1.54, 1.807) is 11.8 Å². The first kappa shape index (κ1) is 49.2. The number of thioether (sulfide) groups is 1. The van der Waals surface area contributed by atoms with Crippen LogP contribution in [0.15, 0.2) is 0 Å². The number of carbonyl (C=O) groups is 5. The highest BCUT2D eigenvalue weighted by molar-refractivity contribution is 8.01. The van der Waals surface area contributed by atoms with Gasteiger partial charge in [-0.25, -0.2) is 4.79 Å². The van der Waals surface area contributed by atoms with Crippen molar-refractivity contribution in [2.75, 3.05) is 72.1 Å². The van der Waals surface area contributed by atoms with Crippen molar-refractivity contribution in [1.82, 2.24) is 30.7 Å². The van der Waals surface area contributed by atoms with E-state index in [2.05, 4.69) is 25.8 Å². The summed E-state index contributed by atoms with van der Waals surface area (Å²) in [7, 11) is 0. The van der Waals surface area contributed by atoms with E-state index in [1.807, 2.05) is 27.7 Å². The molecule has 2 saturated carbocycles. The number of nitrogens with one attached hydrogen (secondary N) is 3. The highest BCUT2D eigenvalue weighted by Crippen LogP contribution is 2.35. The predicted molar refractivity (Wildman–Crippen MR) is 235 cm³/mol. The van der Waals surface area contributed by atoms with Crippen molar-refractivity contribution in [2.24, 2.45) is 5.41 Å². The van der Waals surface area contributed by atoms with Crippen molar-refractivity contribution in [2.45, 2.75) is 178 Å². The van der Waals surface area contributed by atoms with Gasteiger partial charge in [-0.2, -0.15) is 0 Å². The molecule has 5 amide bonds. The van der Waals surface area contributed by atoms with Gasteiger partial charge in [0.05, 0.1) is 10.9 Å². The first-order chi connectivity index (χ1) is 28.3. The maximum Gasteiger partial charge on any atom is 0.407 e. The van der Waals surface area contributed by atoms with Crippen LogP contribution in [0.25, 0.3) is 0 Å². The first-order valence-electron chi connectivity index (χ1n) is 23.4. The molecule has 0 aromatic rings. The number of likely N-dealkylation sites (tertiary alicyclic amines) is 1. The Labute approximate surface area is 360 Å². The molecular weight excluding hydrogens is 769 g/mol. The minimum Gasteiger partial charge on any atom is -0.446 e. The molecule has 2 heterocycles. The van der Waals surface area contributed by atoms with Crippen LogP contribution in [0.2, 0.25) is 0 Å². The Bertz CT molecular complexity index is 1290. The van der Waals surface area contributed by atoms with Gasteiger partial charge in [0.15, 0.2) is 0 Å². The van der Waals surface area contributed by atoms with Crippen LogP contribution in [0.3, 0.4) is 0 Å². The van der Waals surface area contributed by atoms with Gasteiger partial charge in [0, 0.05) is 82.5 Å². The van der Waals surface area contributed by atoms with Crippen LogP contribution < -0.4 is 16.0 Å². The van der Waals surface area contributed by atoms with E-state index >= 15 is 0 Å². The minimum atomic E-state index is -0.650. The highest BCUT2D eigenvalue weighted by Gasteiger charge is 2.40. The number of piperazine rings is 1. The third-order valence-electron chi connectivity index (χ3n) is 12.6. The normalized spacial score (nSPS) is 21.6. The molecule has 14 heteroatoms. The number of imide groups is 1. The third kappa shape index (κ3) is 19.0. The zero-order valence-electron chi connectivity index (χ0n) is 37.3. The number of nitrogens with zero attached hydrogens (tertiary/aromatic N) is 3. The van der Waals surface area contributed by atoms with Gasteiger partial charge in [-0.1, -0.05) is 71.6 Å². The number of rotatable bonds is 21. The number of hydrogen-bond acceptors (Lipinski definition) is 10. The molecule has 3 N–H and O–H groups in total. The van der Waals surface area contributed by atoms with Gasteiger partial charge < -0.3 is 35.2 Å². The van der Waals surface area contributed by atoms with Gasteiger partial charge in [-0.15, -0.1) is 11.8 Å². The van der Waals surface area contributed by atoms with Gasteiger partial charge in [-0.05, 0) is 84.7 Å². The molecule has 4 aliphatic rings. The van der Waals surface area contributed by atoms with E-state index in [1.165, 1.54) is 62.7 Å². The zero-order chi connectivity index (χ0) is 42.5. The van der Waals surface area contributed by atoms with Crippen molar-refractivity contribution in [3.05, 3.63) is 0 Å². The molecule has 0 aromatic heterocycles. The summed E-state index contributed by atoms with van der Waals surface area (Å²) in [4.78, 5) is 70.1. The van der Waals surface area contributed by atoms with Crippen molar-refractivity contribution >= 4 is 41.5 Å². The standard InChI is InChI=1S/C45H80N6O7S/c1-44(2,23-33-57-45(3,4)35-48-39(52)22-28-51-40(53)34-38(41(51)54)59-37-20-14-10-7-11-15-21-37)42(55)46-24-16-26-49-29-31-50(32-30-49)27-17-25-47-43(56)58-36-18-12-8-5-6-9-13-19-36/h36-38H,5-35H2,1-4H3,(H,46,55)(H,47,56)(H,48,52). The molecule has 2 saturated heterocycles. The molecule has 1 atom stereocenters. The molecule has 59 heavy (non-hydrogen) atoms. The summed E-state index contributed by atoms with van der Waals surface area (Å²) in [5.41, 5.74) is -1.26. The van der Waals surface area contributed by atoms with Crippen LogP contribution in [0.4, 0.5) is 4.79 Å². The fourth-order valence-electron chi connectivity index (χ4n) is 8.52. The second kappa shape index (κ2) is 26.1. The molecule has 13 nitrogen and oxygen atoms in total. The van der Waals surface area contributed by atoms with Crippen LogP contribution in [0.5, 0.6) is 0 Å². The predicted octanol–water partition coefficient (Wildman–Crippen LogP) is 6.42. The lowest BCUT2D eigenvalue weighted by Gasteiger charge is -2.34. The summed E-state index contributed by atoms with van der Waals surface area (Å²) in [6.45, 7) is 15.6. The van der Waals surface area contributed by atoms with Crippen LogP contribution in [0, 0.1) is 5.41 Å². The van der Waals surface area contributed by atoms with Crippen molar-refractivity contribution < 1.29 is 33.4 Å². The molecule has 0 spiro atoms. The first-order valence-corrected chi connectivity index (χ1v) is 24.3. The van der Waals surface area contributed by atoms with E-state index < -0.39 is 11.0 Å². The average molecular weight is 849 g/mol. The van der Waals surface area contributed by atoms with Crippen LogP contribution >= 0.6 is 11.8 Å². The molecular formula is C45H80N6O7S. The maximum absolute atomic E-state index is 13.1. The Balaban J connectivity index is 0.996. The van der Waals surface area contributed by atoms with Gasteiger partial charge >= 0.3 is 6.09 Å². The summed E-state index contributed by atoms with van der Waals surface area (Å²) in [6, 6.07) is 0. The van der Waals surface area contributed by atoms with E-state index in [4.69, 9.17) is 9.47 Å². The number of carbonyl (C=O) groups excluding carboxylic acids is 5. The number of alkyl carbamates (subject to hydrolysis) is 1. The van der Waals surface area contributed by atoms with Gasteiger partial charge in [0.1, 0.15) is 6.10 Å². The lowest BCUT2D eigenvalue weighted by atomic mass is 9.88. The lowest BCUT2D eigenvalue weighted by Crippen LogP contribution is -2.47. The lowest BCUT2D eigenvalue weighted by molar-refractivity contribution is -0.138. The molecule has 4 fully saturated rings. The van der Waals surface area contributed by atoms with Crippen molar-refractivity contribution in [3.8, 4) is 0 Å². The monoisotopic (exact) mass is 849 g/mol. The quantitative estimate of drug-likeness (QED) is 0.0873. The average Bonchev–Trinajstić information content (AvgIpc) is 3.52. The molecule has 0 radical (unpaired) electrons. The molecule has 0 aromatic carbocycles. The summed E-state index contributed by atoms with van der Waals surface area (Å²) >= 11 is 1.67. The zero-order valence-corrected chi connectivity index (χ0v) is 38.1. The number of hydrogen-bond donors (Lipinski definition) is 3. The van der Waals surface area contributed by atoms with Crippen molar-refractivity contribution in [1.29, 1.82) is 0 Å². The van der Waals surface area contributed by atoms with Crippen molar-refractivity contribution in [3.63, 3.8) is 0 Å². The van der Waals surface area contributed by atoms with Gasteiger partial charge in [0.25, 0.3) is 0 Å². The molecule has 4 rings (SSSR count).